The summed E-state index contributed by atoms with van der Waals surface area (Å²) < 4.78 is 24.7. The van der Waals surface area contributed by atoms with Crippen molar-refractivity contribution in [1.29, 1.82) is 0 Å². The first-order chi connectivity index (χ1) is 35.2. The molecule has 15 nitrogen and oxygen atoms in total. The summed E-state index contributed by atoms with van der Waals surface area (Å²) in [6.07, 6.45) is 1.88. The fourth-order valence-corrected chi connectivity index (χ4v) is 13.8. The van der Waals surface area contributed by atoms with Crippen molar-refractivity contribution in [3.05, 3.63) is 148 Å². The predicted octanol–water partition coefficient (Wildman–Crippen LogP) is 11.4. The molecule has 382 valence electrons. The summed E-state index contributed by atoms with van der Waals surface area (Å²) in [5.74, 6) is -1.41. The number of halogens is 1. The van der Waals surface area contributed by atoms with Gasteiger partial charge in [-0.1, -0.05) is 54.1 Å². The molecule has 3 saturated heterocycles. The van der Waals surface area contributed by atoms with Gasteiger partial charge in [-0.25, -0.2) is 4.79 Å². The summed E-state index contributed by atoms with van der Waals surface area (Å²) in [7, 11) is -3.74. The van der Waals surface area contributed by atoms with Crippen LogP contribution in [0, 0.1) is 23.0 Å². The van der Waals surface area contributed by atoms with Crippen LogP contribution in [-0.2, 0) is 13.9 Å². The molecule has 3 fully saturated rings. The highest BCUT2D eigenvalue weighted by Gasteiger charge is 2.41. The number of aromatic carboxylic acids is 1. The third-order valence-corrected chi connectivity index (χ3v) is 18.2. The van der Waals surface area contributed by atoms with Crippen LogP contribution in [0.3, 0.4) is 0 Å². The van der Waals surface area contributed by atoms with E-state index in [2.05, 4.69) is 50.6 Å². The lowest BCUT2D eigenvalue weighted by molar-refractivity contribution is -0.383. The largest absolute Gasteiger partial charge is 0.481 e. The normalized spacial score (nSPS) is 18.1. The quantitative estimate of drug-likeness (QED) is 0.0321. The number of piperazine rings is 1. The fourth-order valence-electron chi connectivity index (χ4n) is 10.5. The van der Waals surface area contributed by atoms with Crippen molar-refractivity contribution in [3.63, 3.8) is 0 Å². The first-order valence-corrected chi connectivity index (χ1v) is 27.8. The minimum Gasteiger partial charge on any atom is -0.481 e. The second-order valence-electron chi connectivity index (χ2n) is 19.1. The Hall–Kier alpha value is -6.29. The van der Waals surface area contributed by atoms with Crippen LogP contribution in [-0.4, -0.2) is 107 Å². The van der Waals surface area contributed by atoms with Gasteiger partial charge < -0.3 is 39.3 Å². The minimum absolute atomic E-state index is 0.0103. The van der Waals surface area contributed by atoms with E-state index in [4.69, 9.17) is 16.1 Å². The number of thioether (sulfide) groups is 1. The molecule has 3 aliphatic rings. The Labute approximate surface area is 435 Å². The van der Waals surface area contributed by atoms with Crippen molar-refractivity contribution in [2.24, 2.45) is 5.92 Å². The van der Waals surface area contributed by atoms with E-state index in [1.807, 2.05) is 97.9 Å². The molecule has 2 atom stereocenters. The van der Waals surface area contributed by atoms with Gasteiger partial charge in [0.1, 0.15) is 5.69 Å². The maximum absolute atomic E-state index is 14.9. The van der Waals surface area contributed by atoms with Gasteiger partial charge in [-0.2, -0.15) is 0 Å². The fraction of sp³-hybridized carbons (Fsp3) is 0.345. The van der Waals surface area contributed by atoms with Crippen molar-refractivity contribution in [1.82, 2.24) is 9.47 Å². The first-order valence-electron chi connectivity index (χ1n) is 24.8. The number of rotatable bonds is 18. The summed E-state index contributed by atoms with van der Waals surface area (Å²) in [5, 5.41) is 37.1. The number of hydrogen-bond acceptors (Lipinski definition) is 11. The van der Waals surface area contributed by atoms with Gasteiger partial charge >= 0.3 is 19.5 Å². The van der Waals surface area contributed by atoms with Gasteiger partial charge in [0.25, 0.3) is 5.69 Å². The van der Waals surface area contributed by atoms with Gasteiger partial charge in [0.15, 0.2) is 0 Å². The summed E-state index contributed by atoms with van der Waals surface area (Å²) >= 11 is 7.95. The number of nitro groups is 1. The molecule has 5 aromatic carbocycles. The predicted molar refractivity (Wildman–Crippen MR) is 293 cm³/mol. The molecule has 0 saturated carbocycles. The molecule has 9 rings (SSSR count). The highest BCUT2D eigenvalue weighted by atomic mass is 35.5. The van der Waals surface area contributed by atoms with Crippen LogP contribution in [0.5, 0.6) is 0 Å². The molecule has 1 aromatic heterocycles. The third-order valence-electron chi connectivity index (χ3n) is 14.3. The molecular formula is C55H61ClN7O8PS. The van der Waals surface area contributed by atoms with Gasteiger partial charge in [-0.05, 0) is 137 Å². The summed E-state index contributed by atoms with van der Waals surface area (Å²) in [5.41, 5.74) is 7.06. The summed E-state index contributed by atoms with van der Waals surface area (Å²) in [6.45, 7) is 11.5. The minimum atomic E-state index is -3.74. The van der Waals surface area contributed by atoms with Gasteiger partial charge in [0.2, 0.25) is 0 Å². The van der Waals surface area contributed by atoms with E-state index in [1.54, 1.807) is 28.6 Å². The Morgan fingerprint density at radius 1 is 0.822 bits per heavy atom. The molecule has 0 aliphatic carbocycles. The Morgan fingerprint density at radius 3 is 2.14 bits per heavy atom. The molecule has 2 unspecified atom stereocenters. The van der Waals surface area contributed by atoms with Crippen LogP contribution in [0.15, 0.2) is 126 Å². The standard InChI is InChI=1S/C55H61ClN7O8PS/c1-37(2)62-38(3)51(55(66)67)52(53(62)39-12-14-42(56)15-13-39)41-8-7-9-46(34-41)60-30-28-59(29-31-60)44-16-18-45(19-17-44)61-32-33-71-72(61,70)47-20-21-49(50(35-47)63(68)69)57-43(36-73-48-10-5-4-6-11-48)24-27-58-25-22-40(23-26-58)54(64)65/h4-21,34-35,37,40,43,57H,22-33,36H2,1-3H3,(H,64,65)(H,66,67). The van der Waals surface area contributed by atoms with Gasteiger partial charge in [0, 0.05) is 94.9 Å². The van der Waals surface area contributed by atoms with E-state index in [1.165, 1.54) is 6.07 Å². The molecule has 3 aliphatic heterocycles. The van der Waals surface area contributed by atoms with Crippen LogP contribution in [0.1, 0.15) is 55.2 Å². The Kier molecular flexibility index (Phi) is 15.9. The summed E-state index contributed by atoms with van der Waals surface area (Å²) in [4.78, 5) is 44.7. The lowest BCUT2D eigenvalue weighted by Gasteiger charge is -2.37. The van der Waals surface area contributed by atoms with Crippen LogP contribution in [0.4, 0.5) is 28.4 Å². The topological polar surface area (TPSA) is 174 Å². The monoisotopic (exact) mass is 1050 g/mol. The molecule has 0 bridgehead atoms. The van der Waals surface area contributed by atoms with E-state index >= 15 is 0 Å². The SMILES string of the molecule is Cc1c(C(=O)O)c(-c2cccc(N3CCN(c4ccc(N5CCOP5(=O)c5ccc(NC(CCN6CCC(C(=O)O)CC6)CSc6ccccc6)c([N+](=O)[O-])c5)cc4)CC3)c2)c(-c2ccc(Cl)cc2)n1C(C)C. The highest BCUT2D eigenvalue weighted by Crippen LogP contribution is 2.56. The number of likely N-dealkylation sites (tertiary alicyclic amines) is 1. The third kappa shape index (κ3) is 11.3. The number of nitrogens with one attached hydrogen (secondary N) is 1. The summed E-state index contributed by atoms with van der Waals surface area (Å²) in [6, 6.07) is 38.1. The van der Waals surface area contributed by atoms with Crippen LogP contribution in [0.2, 0.25) is 5.02 Å². The van der Waals surface area contributed by atoms with Crippen molar-refractivity contribution in [2.75, 3.05) is 84.5 Å². The molecule has 4 heterocycles. The molecule has 6 aromatic rings. The van der Waals surface area contributed by atoms with E-state index in [-0.39, 0.29) is 41.2 Å². The number of carboxylic acid groups (broad SMARTS) is 2. The number of benzene rings is 5. The maximum Gasteiger partial charge on any atom is 0.338 e. The molecule has 0 radical (unpaired) electrons. The van der Waals surface area contributed by atoms with Crippen LogP contribution >= 0.6 is 30.9 Å². The second-order valence-corrected chi connectivity index (χ2v) is 23.0. The average Bonchev–Trinajstić information content (AvgIpc) is 3.95. The maximum atomic E-state index is 14.9. The molecule has 3 N–H and O–H groups in total. The van der Waals surface area contributed by atoms with Crippen LogP contribution in [0.25, 0.3) is 22.4 Å². The first kappa shape index (κ1) is 51.6. The molecule has 0 spiro atoms. The van der Waals surface area contributed by atoms with Crippen LogP contribution < -0.4 is 25.1 Å². The number of nitro benzene ring substituents is 1. The number of carbonyl (C=O) groups is 2. The Morgan fingerprint density at radius 2 is 1.49 bits per heavy atom. The Balaban J connectivity index is 0.880. The number of aromatic nitrogens is 1. The zero-order valence-corrected chi connectivity index (χ0v) is 43.7. The lowest BCUT2D eigenvalue weighted by atomic mass is 9.96. The van der Waals surface area contributed by atoms with E-state index in [0.717, 1.165) is 59.3 Å². The Bertz CT molecular complexity index is 3000. The number of aliphatic carboxylic acids is 1. The van der Waals surface area contributed by atoms with Gasteiger partial charge in [0.05, 0.1) is 40.6 Å². The van der Waals surface area contributed by atoms with Crippen molar-refractivity contribution >= 4 is 76.6 Å². The van der Waals surface area contributed by atoms with E-state index in [9.17, 15) is 34.5 Å². The zero-order valence-electron chi connectivity index (χ0n) is 41.2. The van der Waals surface area contributed by atoms with Gasteiger partial charge in [-0.15, -0.1) is 11.8 Å². The zero-order chi connectivity index (χ0) is 51.4. The molecule has 0 amide bonds. The molecule has 73 heavy (non-hydrogen) atoms. The van der Waals surface area contributed by atoms with E-state index < -0.39 is 24.4 Å². The van der Waals surface area contributed by atoms with Crippen molar-refractivity contribution in [3.8, 4) is 22.4 Å². The molecule has 18 heteroatoms. The number of carboxylic acids is 2. The lowest BCUT2D eigenvalue weighted by Crippen LogP contribution is -2.46. The smallest absolute Gasteiger partial charge is 0.338 e. The van der Waals surface area contributed by atoms with Crippen molar-refractivity contribution < 1.29 is 33.8 Å². The number of anilines is 4. The number of nitrogens with zero attached hydrogens (tertiary/aromatic N) is 6. The number of hydrogen-bond donors (Lipinski definition) is 3. The van der Waals surface area contributed by atoms with Crippen molar-refractivity contribution in [2.45, 2.75) is 57.0 Å². The van der Waals surface area contributed by atoms with E-state index in [0.29, 0.717) is 78.8 Å². The van der Waals surface area contributed by atoms with Gasteiger partial charge in [-0.3, -0.25) is 24.1 Å². The second kappa shape index (κ2) is 22.4. The highest BCUT2D eigenvalue weighted by molar-refractivity contribution is 7.99. The number of piperidine rings is 1. The molecular weight excluding hydrogens is 985 g/mol. The average molecular weight is 1050 g/mol.